The minimum Gasteiger partial charge on any atom is -0.454 e. The summed E-state index contributed by atoms with van der Waals surface area (Å²) in [5.41, 5.74) is 1.35. The SMILES string of the molecule is CN(C)C(CNC(=O)c1cnc(C(C)(C)C)nc1)c1ccc2c(c1)OCO2. The third-order valence-electron chi connectivity index (χ3n) is 4.45. The zero-order valence-corrected chi connectivity index (χ0v) is 16.4. The van der Waals surface area contributed by atoms with E-state index < -0.39 is 0 Å². The van der Waals surface area contributed by atoms with E-state index in [1.807, 2.05) is 53.1 Å². The molecule has 7 heteroatoms. The Kier molecular flexibility index (Phi) is 5.32. The van der Waals surface area contributed by atoms with Crippen LogP contribution >= 0.6 is 0 Å². The molecule has 0 spiro atoms. The van der Waals surface area contributed by atoms with Crippen molar-refractivity contribution in [2.24, 2.45) is 0 Å². The van der Waals surface area contributed by atoms with Gasteiger partial charge in [0.2, 0.25) is 6.79 Å². The van der Waals surface area contributed by atoms with Gasteiger partial charge in [-0.25, -0.2) is 9.97 Å². The summed E-state index contributed by atoms with van der Waals surface area (Å²) >= 11 is 0. The van der Waals surface area contributed by atoms with Crippen LogP contribution in [0.25, 0.3) is 0 Å². The molecule has 0 radical (unpaired) electrons. The first kappa shape index (κ1) is 19.1. The van der Waals surface area contributed by atoms with Crippen LogP contribution in [0.4, 0.5) is 0 Å². The van der Waals surface area contributed by atoms with Crippen molar-refractivity contribution in [3.8, 4) is 11.5 Å². The summed E-state index contributed by atoms with van der Waals surface area (Å²) < 4.78 is 10.8. The van der Waals surface area contributed by atoms with Gasteiger partial charge in [-0.05, 0) is 31.8 Å². The van der Waals surface area contributed by atoms with Crippen LogP contribution in [0.5, 0.6) is 11.5 Å². The van der Waals surface area contributed by atoms with Crippen LogP contribution in [0.2, 0.25) is 0 Å². The number of nitrogens with one attached hydrogen (secondary N) is 1. The maximum absolute atomic E-state index is 12.5. The second-order valence-electron chi connectivity index (χ2n) is 7.85. The minimum absolute atomic E-state index is 0.00165. The van der Waals surface area contributed by atoms with E-state index in [2.05, 4.69) is 20.2 Å². The number of hydrogen-bond donors (Lipinski definition) is 1. The van der Waals surface area contributed by atoms with Gasteiger partial charge in [-0.1, -0.05) is 26.8 Å². The molecule has 7 nitrogen and oxygen atoms in total. The highest BCUT2D eigenvalue weighted by Gasteiger charge is 2.21. The maximum Gasteiger partial charge on any atom is 0.254 e. The van der Waals surface area contributed by atoms with Crippen LogP contribution in [0, 0.1) is 0 Å². The molecule has 1 aromatic carbocycles. The summed E-state index contributed by atoms with van der Waals surface area (Å²) in [6.07, 6.45) is 3.16. The lowest BCUT2D eigenvalue weighted by molar-refractivity contribution is 0.0941. The van der Waals surface area contributed by atoms with E-state index in [1.54, 1.807) is 12.4 Å². The summed E-state index contributed by atoms with van der Waals surface area (Å²) in [4.78, 5) is 23.2. The molecule has 1 aliphatic rings. The molecule has 1 atom stereocenters. The van der Waals surface area contributed by atoms with Gasteiger partial charge in [-0.3, -0.25) is 4.79 Å². The minimum atomic E-state index is -0.192. The molecule has 2 heterocycles. The van der Waals surface area contributed by atoms with Crippen molar-refractivity contribution in [3.05, 3.63) is 47.5 Å². The number of ether oxygens (including phenoxy) is 2. The lowest BCUT2D eigenvalue weighted by Gasteiger charge is -2.25. The average Bonchev–Trinajstić information content (AvgIpc) is 3.08. The predicted molar refractivity (Wildman–Crippen MR) is 102 cm³/mol. The molecule has 2 aromatic rings. The number of aromatic nitrogens is 2. The van der Waals surface area contributed by atoms with Gasteiger partial charge >= 0.3 is 0 Å². The van der Waals surface area contributed by atoms with E-state index in [9.17, 15) is 4.79 Å². The molecular weight excluding hydrogens is 344 g/mol. The summed E-state index contributed by atoms with van der Waals surface area (Å²) in [5.74, 6) is 2.00. The molecule has 27 heavy (non-hydrogen) atoms. The highest BCUT2D eigenvalue weighted by atomic mass is 16.7. The number of carbonyl (C=O) groups excluding carboxylic acids is 1. The van der Waals surface area contributed by atoms with Crippen molar-refractivity contribution in [1.82, 2.24) is 20.2 Å². The molecule has 0 aliphatic carbocycles. The van der Waals surface area contributed by atoms with Gasteiger partial charge in [0.25, 0.3) is 5.91 Å². The molecule has 0 saturated heterocycles. The van der Waals surface area contributed by atoms with Gasteiger partial charge in [0.15, 0.2) is 11.5 Å². The normalized spacial score (nSPS) is 14.3. The number of likely N-dealkylation sites (N-methyl/N-ethyl adjacent to an activating group) is 1. The highest BCUT2D eigenvalue weighted by molar-refractivity contribution is 5.93. The van der Waals surface area contributed by atoms with E-state index >= 15 is 0 Å². The Bertz CT molecular complexity index is 813. The summed E-state index contributed by atoms with van der Waals surface area (Å²) in [6.45, 7) is 6.80. The van der Waals surface area contributed by atoms with Crippen molar-refractivity contribution >= 4 is 5.91 Å². The molecule has 144 valence electrons. The zero-order valence-electron chi connectivity index (χ0n) is 16.4. The molecule has 0 bridgehead atoms. The molecule has 1 aliphatic heterocycles. The lowest BCUT2D eigenvalue weighted by atomic mass is 9.96. The van der Waals surface area contributed by atoms with Crippen LogP contribution in [0.15, 0.2) is 30.6 Å². The van der Waals surface area contributed by atoms with E-state index in [4.69, 9.17) is 9.47 Å². The van der Waals surface area contributed by atoms with Crippen LogP contribution in [0.1, 0.15) is 48.6 Å². The standard InChI is InChI=1S/C20H26N4O3/c1-20(2,3)19-22-9-14(10-23-19)18(25)21-11-15(24(4)5)13-6-7-16-17(8-13)27-12-26-16/h6-10,15H,11-12H2,1-5H3,(H,21,25). The molecule has 1 unspecified atom stereocenters. The average molecular weight is 370 g/mol. The second kappa shape index (κ2) is 7.52. The Hall–Kier alpha value is -2.67. The smallest absolute Gasteiger partial charge is 0.254 e. The van der Waals surface area contributed by atoms with Crippen LogP contribution in [-0.4, -0.2) is 48.2 Å². The Balaban J connectivity index is 1.68. The zero-order chi connectivity index (χ0) is 19.6. The fraction of sp³-hybridized carbons (Fsp3) is 0.450. The van der Waals surface area contributed by atoms with E-state index in [1.165, 1.54) is 0 Å². The number of rotatable bonds is 5. The van der Waals surface area contributed by atoms with Gasteiger partial charge < -0.3 is 19.7 Å². The Morgan fingerprint density at radius 3 is 2.48 bits per heavy atom. The molecule has 1 N–H and O–H groups in total. The first-order chi connectivity index (χ1) is 12.8. The first-order valence-corrected chi connectivity index (χ1v) is 8.92. The topological polar surface area (TPSA) is 76.6 Å². The number of benzene rings is 1. The molecule has 1 aromatic heterocycles. The second-order valence-corrected chi connectivity index (χ2v) is 7.85. The number of hydrogen-bond acceptors (Lipinski definition) is 6. The highest BCUT2D eigenvalue weighted by Crippen LogP contribution is 2.34. The van der Waals surface area contributed by atoms with Gasteiger partial charge in [0, 0.05) is 24.4 Å². The Morgan fingerprint density at radius 2 is 1.85 bits per heavy atom. The lowest BCUT2D eigenvalue weighted by Crippen LogP contribution is -2.34. The Labute approximate surface area is 159 Å². The largest absolute Gasteiger partial charge is 0.454 e. The van der Waals surface area contributed by atoms with E-state index in [0.717, 1.165) is 17.1 Å². The van der Waals surface area contributed by atoms with Gasteiger partial charge in [0.1, 0.15) is 5.82 Å². The van der Waals surface area contributed by atoms with Crippen LogP contribution in [0.3, 0.4) is 0 Å². The quantitative estimate of drug-likeness (QED) is 0.872. The predicted octanol–water partition coefficient (Wildman–Crippen LogP) is 2.54. The fourth-order valence-corrected chi connectivity index (χ4v) is 2.84. The summed E-state index contributed by atoms with van der Waals surface area (Å²) in [6, 6.07) is 5.85. The van der Waals surface area contributed by atoms with Gasteiger partial charge in [0.05, 0.1) is 11.6 Å². The van der Waals surface area contributed by atoms with Crippen molar-refractivity contribution < 1.29 is 14.3 Å². The van der Waals surface area contributed by atoms with Crippen molar-refractivity contribution in [1.29, 1.82) is 0 Å². The number of fused-ring (bicyclic) bond motifs is 1. The monoisotopic (exact) mass is 370 g/mol. The molecule has 0 saturated carbocycles. The molecule has 1 amide bonds. The van der Waals surface area contributed by atoms with Crippen LogP contribution < -0.4 is 14.8 Å². The first-order valence-electron chi connectivity index (χ1n) is 8.92. The third kappa shape index (κ3) is 4.36. The number of amides is 1. The summed E-state index contributed by atoms with van der Waals surface area (Å²) in [7, 11) is 3.95. The van der Waals surface area contributed by atoms with Gasteiger partial charge in [-0.2, -0.15) is 0 Å². The number of carbonyl (C=O) groups is 1. The summed E-state index contributed by atoms with van der Waals surface area (Å²) in [5, 5.41) is 2.97. The van der Waals surface area contributed by atoms with Gasteiger partial charge in [-0.15, -0.1) is 0 Å². The van der Waals surface area contributed by atoms with E-state index in [0.29, 0.717) is 17.9 Å². The van der Waals surface area contributed by atoms with Crippen molar-refractivity contribution in [2.45, 2.75) is 32.2 Å². The van der Waals surface area contributed by atoms with Crippen LogP contribution in [-0.2, 0) is 5.41 Å². The van der Waals surface area contributed by atoms with Crippen molar-refractivity contribution in [3.63, 3.8) is 0 Å². The van der Waals surface area contributed by atoms with Crippen molar-refractivity contribution in [2.75, 3.05) is 27.4 Å². The molecular formula is C20H26N4O3. The maximum atomic E-state index is 12.5. The molecule has 0 fully saturated rings. The van der Waals surface area contributed by atoms with E-state index in [-0.39, 0.29) is 24.2 Å². The fourth-order valence-electron chi connectivity index (χ4n) is 2.84. The Morgan fingerprint density at radius 1 is 1.19 bits per heavy atom. The third-order valence-corrected chi connectivity index (χ3v) is 4.45. The molecule has 3 rings (SSSR count). The number of nitrogens with zero attached hydrogens (tertiary/aromatic N) is 3.